The highest BCUT2D eigenvalue weighted by Gasteiger charge is 2.14. The van der Waals surface area contributed by atoms with Crippen LogP contribution < -0.4 is 0 Å². The largest absolute Gasteiger partial charge is 0.481 e. The van der Waals surface area contributed by atoms with Crippen molar-refractivity contribution in [2.75, 3.05) is 0 Å². The van der Waals surface area contributed by atoms with Gasteiger partial charge in [0.1, 0.15) is 0 Å². The van der Waals surface area contributed by atoms with E-state index >= 15 is 0 Å². The van der Waals surface area contributed by atoms with Crippen LogP contribution in [0.15, 0.2) is 18.2 Å². The number of nitrogens with zero attached hydrogens (tertiary/aromatic N) is 2. The third kappa shape index (κ3) is 2.84. The topological polar surface area (TPSA) is 55.1 Å². The van der Waals surface area contributed by atoms with Crippen LogP contribution in [-0.2, 0) is 17.8 Å². The van der Waals surface area contributed by atoms with Gasteiger partial charge in [0.25, 0.3) is 0 Å². The molecule has 4 nitrogen and oxygen atoms in total. The Balaban J connectivity index is 2.29. The minimum Gasteiger partial charge on any atom is -0.481 e. The molecule has 0 amide bonds. The van der Waals surface area contributed by atoms with Crippen molar-refractivity contribution in [3.05, 3.63) is 52.3 Å². The summed E-state index contributed by atoms with van der Waals surface area (Å²) in [5.41, 5.74) is 2.57. The first-order chi connectivity index (χ1) is 9.38. The zero-order valence-electron chi connectivity index (χ0n) is 11.2. The molecule has 2 aromatic rings. The molecule has 2 rings (SSSR count). The number of benzene rings is 1. The SMILES string of the molecule is Cc1nn(Cc2ccc(F)c(F)c2)c(C)c1CC(=O)O. The number of aryl methyl sites for hydroxylation is 1. The molecule has 0 aliphatic heterocycles. The van der Waals surface area contributed by atoms with E-state index in [0.29, 0.717) is 16.8 Å². The number of rotatable bonds is 4. The average molecular weight is 280 g/mol. The smallest absolute Gasteiger partial charge is 0.307 e. The first-order valence-corrected chi connectivity index (χ1v) is 6.07. The first kappa shape index (κ1) is 14.2. The molecule has 20 heavy (non-hydrogen) atoms. The van der Waals surface area contributed by atoms with Crippen LogP contribution in [0.5, 0.6) is 0 Å². The highest BCUT2D eigenvalue weighted by molar-refractivity contribution is 5.70. The molecule has 1 N–H and O–H groups in total. The number of halogens is 2. The Kier molecular flexibility index (Phi) is 3.83. The van der Waals surface area contributed by atoms with E-state index in [4.69, 9.17) is 5.11 Å². The van der Waals surface area contributed by atoms with Gasteiger partial charge in [-0.3, -0.25) is 9.48 Å². The number of carbonyl (C=O) groups is 1. The van der Waals surface area contributed by atoms with Crippen LogP contribution in [-0.4, -0.2) is 20.9 Å². The second-order valence-corrected chi connectivity index (χ2v) is 4.63. The Labute approximate surface area is 114 Å². The fourth-order valence-electron chi connectivity index (χ4n) is 2.11. The fraction of sp³-hybridized carbons (Fsp3) is 0.286. The molecular formula is C14H14F2N2O2. The summed E-state index contributed by atoms with van der Waals surface area (Å²) < 4.78 is 27.6. The molecular weight excluding hydrogens is 266 g/mol. The molecule has 0 unspecified atom stereocenters. The molecule has 0 bridgehead atoms. The lowest BCUT2D eigenvalue weighted by atomic mass is 10.1. The number of carboxylic acid groups (broad SMARTS) is 1. The molecule has 0 aliphatic rings. The zero-order valence-corrected chi connectivity index (χ0v) is 11.2. The van der Waals surface area contributed by atoms with Crippen molar-refractivity contribution in [1.82, 2.24) is 9.78 Å². The fourth-order valence-corrected chi connectivity index (χ4v) is 2.11. The summed E-state index contributed by atoms with van der Waals surface area (Å²) in [7, 11) is 0. The average Bonchev–Trinajstić information content (AvgIpc) is 2.61. The Morgan fingerprint density at radius 2 is 2.00 bits per heavy atom. The monoisotopic (exact) mass is 280 g/mol. The van der Waals surface area contributed by atoms with E-state index in [2.05, 4.69) is 5.10 Å². The molecule has 0 fully saturated rings. The third-order valence-corrected chi connectivity index (χ3v) is 3.18. The van der Waals surface area contributed by atoms with Crippen molar-refractivity contribution < 1.29 is 18.7 Å². The maximum absolute atomic E-state index is 13.2. The van der Waals surface area contributed by atoms with Crippen molar-refractivity contribution in [1.29, 1.82) is 0 Å². The minimum atomic E-state index is -0.927. The minimum absolute atomic E-state index is 0.102. The van der Waals surface area contributed by atoms with Crippen LogP contribution in [0.1, 0.15) is 22.5 Å². The first-order valence-electron chi connectivity index (χ1n) is 6.07. The van der Waals surface area contributed by atoms with Gasteiger partial charge < -0.3 is 5.11 Å². The lowest BCUT2D eigenvalue weighted by molar-refractivity contribution is -0.136. The van der Waals surface area contributed by atoms with E-state index in [0.717, 1.165) is 17.8 Å². The van der Waals surface area contributed by atoms with Gasteiger partial charge in [0.15, 0.2) is 11.6 Å². The summed E-state index contributed by atoms with van der Waals surface area (Å²) in [6, 6.07) is 3.66. The molecule has 0 spiro atoms. The third-order valence-electron chi connectivity index (χ3n) is 3.18. The second-order valence-electron chi connectivity index (χ2n) is 4.63. The molecule has 0 aliphatic carbocycles. The molecule has 0 atom stereocenters. The van der Waals surface area contributed by atoms with Crippen LogP contribution in [0, 0.1) is 25.5 Å². The van der Waals surface area contributed by atoms with E-state index in [9.17, 15) is 13.6 Å². The predicted molar refractivity (Wildman–Crippen MR) is 68.5 cm³/mol. The van der Waals surface area contributed by atoms with Crippen LogP contribution in [0.2, 0.25) is 0 Å². The van der Waals surface area contributed by atoms with Gasteiger partial charge in [0, 0.05) is 11.3 Å². The predicted octanol–water partition coefficient (Wildman–Crippen LogP) is 2.45. The van der Waals surface area contributed by atoms with Gasteiger partial charge in [0.2, 0.25) is 0 Å². The number of aromatic nitrogens is 2. The molecule has 106 valence electrons. The van der Waals surface area contributed by atoms with Gasteiger partial charge in [-0.1, -0.05) is 6.07 Å². The highest BCUT2D eigenvalue weighted by Crippen LogP contribution is 2.16. The van der Waals surface area contributed by atoms with Gasteiger partial charge in [-0.25, -0.2) is 8.78 Å². The summed E-state index contributed by atoms with van der Waals surface area (Å²) in [6.45, 7) is 3.76. The van der Waals surface area contributed by atoms with E-state index in [1.807, 2.05) is 0 Å². The lowest BCUT2D eigenvalue weighted by Gasteiger charge is -2.06. The van der Waals surface area contributed by atoms with E-state index < -0.39 is 17.6 Å². The zero-order chi connectivity index (χ0) is 14.9. The molecule has 0 saturated carbocycles. The Bertz CT molecular complexity index is 665. The summed E-state index contributed by atoms with van der Waals surface area (Å²) in [5, 5.41) is 13.1. The number of aliphatic carboxylic acids is 1. The van der Waals surface area contributed by atoms with Gasteiger partial charge in [-0.2, -0.15) is 5.10 Å². The summed E-state index contributed by atoms with van der Waals surface area (Å²) in [4.78, 5) is 10.8. The maximum atomic E-state index is 13.2. The summed E-state index contributed by atoms with van der Waals surface area (Å²) in [6.07, 6.45) is -0.102. The van der Waals surface area contributed by atoms with E-state index in [-0.39, 0.29) is 13.0 Å². The molecule has 1 aromatic heterocycles. The maximum Gasteiger partial charge on any atom is 0.307 e. The number of carboxylic acids is 1. The molecule has 6 heteroatoms. The van der Waals surface area contributed by atoms with Gasteiger partial charge in [-0.05, 0) is 31.5 Å². The highest BCUT2D eigenvalue weighted by atomic mass is 19.2. The summed E-state index contributed by atoms with van der Waals surface area (Å²) >= 11 is 0. The van der Waals surface area contributed by atoms with E-state index in [1.165, 1.54) is 6.07 Å². The van der Waals surface area contributed by atoms with Crippen molar-refractivity contribution in [2.45, 2.75) is 26.8 Å². The number of hydrogen-bond acceptors (Lipinski definition) is 2. The molecule has 1 heterocycles. The van der Waals surface area contributed by atoms with Gasteiger partial charge in [-0.15, -0.1) is 0 Å². The Morgan fingerprint density at radius 3 is 2.60 bits per heavy atom. The lowest BCUT2D eigenvalue weighted by Crippen LogP contribution is -2.06. The van der Waals surface area contributed by atoms with Crippen molar-refractivity contribution in [3.63, 3.8) is 0 Å². The second kappa shape index (κ2) is 5.40. The van der Waals surface area contributed by atoms with Crippen LogP contribution in [0.4, 0.5) is 8.78 Å². The van der Waals surface area contributed by atoms with Crippen molar-refractivity contribution in [3.8, 4) is 0 Å². The van der Waals surface area contributed by atoms with Crippen LogP contribution in [0.3, 0.4) is 0 Å². The quantitative estimate of drug-likeness (QED) is 0.936. The van der Waals surface area contributed by atoms with E-state index in [1.54, 1.807) is 18.5 Å². The standard InChI is InChI=1S/C14H14F2N2O2/c1-8-11(6-14(19)20)9(2)18(17-8)7-10-3-4-12(15)13(16)5-10/h3-5H,6-7H2,1-2H3,(H,19,20). The summed E-state index contributed by atoms with van der Waals surface area (Å²) in [5.74, 6) is -2.73. The molecule has 1 aromatic carbocycles. The van der Waals surface area contributed by atoms with Crippen molar-refractivity contribution >= 4 is 5.97 Å². The number of hydrogen-bond donors (Lipinski definition) is 1. The van der Waals surface area contributed by atoms with Gasteiger partial charge >= 0.3 is 5.97 Å². The van der Waals surface area contributed by atoms with Crippen LogP contribution in [0.25, 0.3) is 0 Å². The molecule has 0 radical (unpaired) electrons. The normalized spacial score (nSPS) is 10.8. The van der Waals surface area contributed by atoms with Gasteiger partial charge in [0.05, 0.1) is 18.7 Å². The molecule has 0 saturated heterocycles. The Hall–Kier alpha value is -2.24. The van der Waals surface area contributed by atoms with Crippen molar-refractivity contribution in [2.24, 2.45) is 0 Å². The Morgan fingerprint density at radius 1 is 1.30 bits per heavy atom. The van der Waals surface area contributed by atoms with Crippen LogP contribution >= 0.6 is 0 Å².